The fraction of sp³-hybridized carbons (Fsp3) is 0.462. The van der Waals surface area contributed by atoms with Gasteiger partial charge in [-0.1, -0.05) is 32.9 Å². The predicted molar refractivity (Wildman–Crippen MR) is 128 cm³/mol. The summed E-state index contributed by atoms with van der Waals surface area (Å²) < 4.78 is 2.38. The van der Waals surface area contributed by atoms with Crippen LogP contribution in [0, 0.1) is 11.3 Å². The third-order valence-electron chi connectivity index (χ3n) is 6.87. The van der Waals surface area contributed by atoms with Gasteiger partial charge in [0.05, 0.1) is 11.0 Å². The zero-order chi connectivity index (χ0) is 22.5. The molecule has 0 spiro atoms. The van der Waals surface area contributed by atoms with Crippen molar-refractivity contribution in [3.05, 3.63) is 48.5 Å². The highest BCUT2D eigenvalue weighted by molar-refractivity contribution is 5.99. The number of carbonyl (C=O) groups is 1. The van der Waals surface area contributed by atoms with Crippen molar-refractivity contribution < 1.29 is 9.90 Å². The number of rotatable bonds is 5. The summed E-state index contributed by atoms with van der Waals surface area (Å²) in [5.74, 6) is 1.20. The number of nitrogens with zero attached hydrogens (tertiary/aromatic N) is 2. The van der Waals surface area contributed by atoms with Gasteiger partial charge in [0.25, 0.3) is 5.91 Å². The highest BCUT2D eigenvalue weighted by Crippen LogP contribution is 2.46. The molecule has 2 fully saturated rings. The number of fused-ring (bicyclic) bond motifs is 1. The average Bonchev–Trinajstić information content (AvgIpc) is 3.38. The summed E-state index contributed by atoms with van der Waals surface area (Å²) in [4.78, 5) is 17.0. The molecule has 168 valence electrons. The molecular weight excluding hydrogens is 400 g/mol. The molecule has 0 radical (unpaired) electrons. The van der Waals surface area contributed by atoms with Crippen molar-refractivity contribution in [2.24, 2.45) is 11.3 Å². The Bertz CT molecular complexity index is 1140. The molecule has 6 heteroatoms. The number of imidazole rings is 1. The van der Waals surface area contributed by atoms with Crippen LogP contribution in [-0.2, 0) is 4.79 Å². The third-order valence-corrected chi connectivity index (χ3v) is 6.87. The molecule has 5 rings (SSSR count). The van der Waals surface area contributed by atoms with Gasteiger partial charge in [0.2, 0.25) is 5.95 Å². The predicted octanol–water partition coefficient (Wildman–Crippen LogP) is 5.63. The van der Waals surface area contributed by atoms with Gasteiger partial charge in [-0.25, -0.2) is 4.98 Å². The van der Waals surface area contributed by atoms with Gasteiger partial charge in [0, 0.05) is 17.4 Å². The number of nitrogens with one attached hydrogen (secondary N) is 2. The first-order valence-electron chi connectivity index (χ1n) is 11.6. The minimum atomic E-state index is -1.17. The fourth-order valence-corrected chi connectivity index (χ4v) is 5.35. The molecule has 2 aliphatic rings. The Hall–Kier alpha value is -2.86. The van der Waals surface area contributed by atoms with Crippen molar-refractivity contribution >= 4 is 34.3 Å². The van der Waals surface area contributed by atoms with Gasteiger partial charge >= 0.3 is 0 Å². The largest absolute Gasteiger partial charge is 0.380 e. The number of carbonyl (C=O) groups excluding carboxylic acids is 1. The second kappa shape index (κ2) is 7.62. The minimum Gasteiger partial charge on any atom is -0.380 e. The second-order valence-electron chi connectivity index (χ2n) is 10.5. The molecule has 0 bridgehead atoms. The van der Waals surface area contributed by atoms with Gasteiger partial charge in [-0.3, -0.25) is 4.79 Å². The molecular formula is C26H32N4O2. The van der Waals surface area contributed by atoms with E-state index in [9.17, 15) is 9.90 Å². The SMILES string of the molecule is C[C@@H]1C[C@@H](n2c(Nc3ccc(NC(=O)C4(O)CC4)cc3)nc3ccccc32)CC(C)(C)C1. The summed E-state index contributed by atoms with van der Waals surface area (Å²) in [5, 5.41) is 16.3. The summed E-state index contributed by atoms with van der Waals surface area (Å²) in [6.45, 7) is 7.09. The Morgan fingerprint density at radius 2 is 1.75 bits per heavy atom. The molecule has 0 unspecified atom stereocenters. The number of aliphatic hydroxyl groups is 1. The van der Waals surface area contributed by atoms with Crippen molar-refractivity contribution in [2.45, 2.75) is 64.5 Å². The van der Waals surface area contributed by atoms with Gasteiger partial charge in [-0.05, 0) is 79.8 Å². The van der Waals surface area contributed by atoms with Crippen LogP contribution in [0.15, 0.2) is 48.5 Å². The van der Waals surface area contributed by atoms with E-state index in [0.717, 1.165) is 35.5 Å². The van der Waals surface area contributed by atoms with Crippen molar-refractivity contribution in [1.29, 1.82) is 0 Å². The maximum Gasteiger partial charge on any atom is 0.256 e. The first-order valence-corrected chi connectivity index (χ1v) is 11.6. The highest BCUT2D eigenvalue weighted by atomic mass is 16.3. The quantitative estimate of drug-likeness (QED) is 0.488. The van der Waals surface area contributed by atoms with E-state index >= 15 is 0 Å². The van der Waals surface area contributed by atoms with E-state index in [1.54, 1.807) is 0 Å². The number of aromatic nitrogens is 2. The van der Waals surface area contributed by atoms with Gasteiger partial charge in [0.15, 0.2) is 0 Å². The fourth-order valence-electron chi connectivity index (χ4n) is 5.35. The maximum atomic E-state index is 12.1. The van der Waals surface area contributed by atoms with E-state index in [1.807, 2.05) is 30.3 Å². The third kappa shape index (κ3) is 4.11. The van der Waals surface area contributed by atoms with E-state index in [2.05, 4.69) is 54.2 Å². The highest BCUT2D eigenvalue weighted by Gasteiger charge is 2.48. The monoisotopic (exact) mass is 432 g/mol. The van der Waals surface area contributed by atoms with Crippen LogP contribution in [0.1, 0.15) is 58.9 Å². The number of hydrogen-bond acceptors (Lipinski definition) is 4. The Labute approximate surface area is 189 Å². The minimum absolute atomic E-state index is 0.302. The smallest absolute Gasteiger partial charge is 0.256 e. The summed E-state index contributed by atoms with van der Waals surface area (Å²) >= 11 is 0. The van der Waals surface area contributed by atoms with Crippen LogP contribution in [0.4, 0.5) is 17.3 Å². The molecule has 1 amide bonds. The van der Waals surface area contributed by atoms with E-state index in [1.165, 1.54) is 6.42 Å². The Morgan fingerprint density at radius 3 is 2.44 bits per heavy atom. The van der Waals surface area contributed by atoms with E-state index < -0.39 is 5.60 Å². The molecule has 32 heavy (non-hydrogen) atoms. The van der Waals surface area contributed by atoms with Gasteiger partial charge in [-0.2, -0.15) is 0 Å². The van der Waals surface area contributed by atoms with Crippen molar-refractivity contribution in [3.8, 4) is 0 Å². The van der Waals surface area contributed by atoms with Crippen LogP contribution >= 0.6 is 0 Å². The summed E-state index contributed by atoms with van der Waals surface area (Å²) in [6.07, 6.45) is 4.59. The molecule has 0 saturated heterocycles. The molecule has 6 nitrogen and oxygen atoms in total. The molecule has 2 atom stereocenters. The topological polar surface area (TPSA) is 79.2 Å². The summed E-state index contributed by atoms with van der Waals surface area (Å²) in [5.41, 5.74) is 2.87. The number of para-hydroxylation sites is 2. The number of amides is 1. The Balaban J connectivity index is 1.42. The molecule has 2 aromatic carbocycles. The molecule has 1 heterocycles. The zero-order valence-electron chi connectivity index (χ0n) is 19.1. The van der Waals surface area contributed by atoms with Gasteiger partial charge in [0.1, 0.15) is 5.60 Å². The van der Waals surface area contributed by atoms with E-state index in [-0.39, 0.29) is 5.91 Å². The number of benzene rings is 2. The van der Waals surface area contributed by atoms with Crippen LogP contribution < -0.4 is 10.6 Å². The normalized spacial score (nSPS) is 23.6. The van der Waals surface area contributed by atoms with Gasteiger partial charge < -0.3 is 20.3 Å². The van der Waals surface area contributed by atoms with Crippen LogP contribution in [0.25, 0.3) is 11.0 Å². The first-order chi connectivity index (χ1) is 15.2. The van der Waals surface area contributed by atoms with Crippen LogP contribution in [0.3, 0.4) is 0 Å². The second-order valence-corrected chi connectivity index (χ2v) is 10.5. The lowest BCUT2D eigenvalue weighted by Crippen LogP contribution is -2.29. The molecule has 2 aliphatic carbocycles. The van der Waals surface area contributed by atoms with Gasteiger partial charge in [-0.15, -0.1) is 0 Å². The number of anilines is 3. The van der Waals surface area contributed by atoms with Crippen molar-refractivity contribution in [2.75, 3.05) is 10.6 Å². The molecule has 0 aliphatic heterocycles. The lowest BCUT2D eigenvalue weighted by molar-refractivity contribution is -0.125. The first kappa shape index (κ1) is 21.0. The standard InChI is InChI=1S/C26H32N4O2/c1-17-14-20(16-25(2,3)15-17)30-22-7-5-4-6-21(22)29-24(30)28-19-10-8-18(9-11-19)27-23(31)26(32)12-13-26/h4-11,17,20,32H,12-16H2,1-3H3,(H,27,31)(H,28,29)/t17-,20-/m1/s1. The number of hydrogen-bond donors (Lipinski definition) is 3. The summed E-state index contributed by atoms with van der Waals surface area (Å²) in [7, 11) is 0. The Morgan fingerprint density at radius 1 is 1.06 bits per heavy atom. The van der Waals surface area contributed by atoms with Crippen LogP contribution in [-0.4, -0.2) is 26.2 Å². The average molecular weight is 433 g/mol. The van der Waals surface area contributed by atoms with E-state index in [4.69, 9.17) is 4.98 Å². The molecule has 2 saturated carbocycles. The van der Waals surface area contributed by atoms with Crippen molar-refractivity contribution in [3.63, 3.8) is 0 Å². The molecule has 1 aromatic heterocycles. The van der Waals surface area contributed by atoms with Crippen LogP contribution in [0.5, 0.6) is 0 Å². The van der Waals surface area contributed by atoms with Crippen molar-refractivity contribution in [1.82, 2.24) is 9.55 Å². The maximum absolute atomic E-state index is 12.1. The summed E-state index contributed by atoms with van der Waals surface area (Å²) in [6, 6.07) is 16.3. The lowest BCUT2D eigenvalue weighted by atomic mass is 9.70. The molecule has 3 aromatic rings. The lowest BCUT2D eigenvalue weighted by Gasteiger charge is -2.40. The molecule has 3 N–H and O–H groups in total. The van der Waals surface area contributed by atoms with E-state index in [0.29, 0.717) is 35.9 Å². The Kier molecular flexibility index (Phi) is 5.01. The van der Waals surface area contributed by atoms with Crippen LogP contribution in [0.2, 0.25) is 0 Å². The zero-order valence-corrected chi connectivity index (χ0v) is 19.1.